The van der Waals surface area contributed by atoms with Crippen molar-refractivity contribution in [1.29, 1.82) is 0 Å². The smallest absolute Gasteiger partial charge is 0.0265 e. The average molecular weight is 252 g/mol. The second kappa shape index (κ2) is 12.9. The molecule has 0 rings (SSSR count). The van der Waals surface area contributed by atoms with Crippen molar-refractivity contribution in [3.63, 3.8) is 0 Å². The second-order valence-electron chi connectivity index (χ2n) is 5.84. The molecule has 4 atom stereocenters. The Morgan fingerprint density at radius 3 is 1.67 bits per heavy atom. The molecule has 0 aromatic rings. The van der Waals surface area contributed by atoms with Gasteiger partial charge in [-0.1, -0.05) is 60.0 Å². The third kappa shape index (κ3) is 10.6. The molecule has 4 unspecified atom stereocenters. The Labute approximate surface area is 117 Å². The van der Waals surface area contributed by atoms with Gasteiger partial charge in [0.1, 0.15) is 0 Å². The molecule has 108 valence electrons. The van der Waals surface area contributed by atoms with Crippen LogP contribution in [0.5, 0.6) is 0 Å². The van der Waals surface area contributed by atoms with E-state index in [0.29, 0.717) is 5.92 Å². The van der Waals surface area contributed by atoms with E-state index in [2.05, 4.69) is 60.4 Å². The van der Waals surface area contributed by atoms with Gasteiger partial charge in [0.25, 0.3) is 0 Å². The van der Waals surface area contributed by atoms with Crippen LogP contribution >= 0.6 is 0 Å². The lowest BCUT2D eigenvalue weighted by atomic mass is 9.84. The number of hydrogen-bond donors (Lipinski definition) is 0. The van der Waals surface area contributed by atoms with Crippen molar-refractivity contribution in [2.75, 3.05) is 0 Å². The second-order valence-corrected chi connectivity index (χ2v) is 5.84. The molecule has 0 aliphatic rings. The van der Waals surface area contributed by atoms with E-state index >= 15 is 0 Å². The Morgan fingerprint density at radius 1 is 0.833 bits per heavy atom. The monoisotopic (exact) mass is 252 g/mol. The minimum absolute atomic E-state index is 0.684. The molecule has 0 radical (unpaired) electrons. The fraction of sp³-hybridized carbons (Fsp3) is 0.778. The van der Waals surface area contributed by atoms with Crippen molar-refractivity contribution in [3.8, 4) is 0 Å². The van der Waals surface area contributed by atoms with Gasteiger partial charge in [-0.25, -0.2) is 0 Å². The van der Waals surface area contributed by atoms with Gasteiger partial charge < -0.3 is 0 Å². The first-order valence-corrected chi connectivity index (χ1v) is 7.63. The molecule has 0 N–H and O–H groups in total. The molecule has 0 aliphatic heterocycles. The van der Waals surface area contributed by atoms with Crippen LogP contribution in [0.25, 0.3) is 0 Å². The van der Waals surface area contributed by atoms with Crippen LogP contribution in [0.3, 0.4) is 0 Å². The minimum atomic E-state index is 0.684. The van der Waals surface area contributed by atoms with Crippen molar-refractivity contribution in [2.45, 2.75) is 66.7 Å². The van der Waals surface area contributed by atoms with Crippen LogP contribution in [0.15, 0.2) is 25.8 Å². The van der Waals surface area contributed by atoms with E-state index in [4.69, 9.17) is 0 Å². The molecule has 18 heavy (non-hydrogen) atoms. The third-order valence-electron chi connectivity index (χ3n) is 4.26. The average Bonchev–Trinajstić information content (AvgIpc) is 2.43. The molecule has 0 amide bonds. The number of hydrogen-bond acceptors (Lipinski definition) is 0. The first-order chi connectivity index (χ1) is 8.51. The Morgan fingerprint density at radius 2 is 1.28 bits per heavy atom. The van der Waals surface area contributed by atoms with E-state index in [9.17, 15) is 0 Å². The number of allylic oxidation sites excluding steroid dienone is 1. The molecule has 0 aliphatic carbocycles. The zero-order valence-corrected chi connectivity index (χ0v) is 13.5. The topological polar surface area (TPSA) is 0 Å². The van der Waals surface area contributed by atoms with Crippen LogP contribution in [-0.2, 0) is 0 Å². The molecule has 0 heteroatoms. The van der Waals surface area contributed by atoms with Crippen LogP contribution in [0, 0.1) is 23.7 Å². The summed E-state index contributed by atoms with van der Waals surface area (Å²) in [4.78, 5) is 0. The van der Waals surface area contributed by atoms with Gasteiger partial charge in [0, 0.05) is 0 Å². The van der Waals surface area contributed by atoms with E-state index in [0.717, 1.165) is 17.8 Å². The largest absolute Gasteiger partial charge is 0.106 e. The predicted octanol–water partition coefficient (Wildman–Crippen LogP) is 6.49. The molecule has 0 nitrogen and oxygen atoms in total. The first kappa shape index (κ1) is 19.8. The molecule has 0 aromatic heterocycles. The SMILES string of the molecule is C=C.C=CC(C)CCC(C)C(C)CCC(C)CC. The normalized spacial score (nSPS) is 16.9. The zero-order valence-electron chi connectivity index (χ0n) is 13.5. The van der Waals surface area contributed by atoms with E-state index in [1.54, 1.807) is 0 Å². The molecule has 0 fully saturated rings. The van der Waals surface area contributed by atoms with Crippen LogP contribution in [0.4, 0.5) is 0 Å². The Hall–Kier alpha value is -0.520. The summed E-state index contributed by atoms with van der Waals surface area (Å²) < 4.78 is 0. The Kier molecular flexibility index (Phi) is 14.2. The summed E-state index contributed by atoms with van der Waals surface area (Å²) in [5.41, 5.74) is 0. The van der Waals surface area contributed by atoms with Gasteiger partial charge in [0.15, 0.2) is 0 Å². The lowest BCUT2D eigenvalue weighted by Gasteiger charge is -2.22. The van der Waals surface area contributed by atoms with E-state index in [-0.39, 0.29) is 0 Å². The van der Waals surface area contributed by atoms with Crippen LogP contribution in [-0.4, -0.2) is 0 Å². The maximum Gasteiger partial charge on any atom is -0.0265 e. The first-order valence-electron chi connectivity index (χ1n) is 7.63. The molecule has 0 saturated heterocycles. The summed E-state index contributed by atoms with van der Waals surface area (Å²) in [6.07, 6.45) is 8.87. The van der Waals surface area contributed by atoms with Crippen molar-refractivity contribution in [2.24, 2.45) is 23.7 Å². The molecule has 0 spiro atoms. The summed E-state index contributed by atoms with van der Waals surface area (Å²) in [7, 11) is 0. The highest BCUT2D eigenvalue weighted by molar-refractivity contribution is 4.76. The summed E-state index contributed by atoms with van der Waals surface area (Å²) >= 11 is 0. The minimum Gasteiger partial charge on any atom is -0.106 e. The molecule has 0 heterocycles. The van der Waals surface area contributed by atoms with Crippen molar-refractivity contribution in [1.82, 2.24) is 0 Å². The van der Waals surface area contributed by atoms with Crippen LogP contribution < -0.4 is 0 Å². The predicted molar refractivity (Wildman–Crippen MR) is 86.9 cm³/mol. The van der Waals surface area contributed by atoms with Gasteiger partial charge in [0.05, 0.1) is 0 Å². The zero-order chi connectivity index (χ0) is 14.6. The summed E-state index contributed by atoms with van der Waals surface area (Å²) in [5.74, 6) is 3.34. The van der Waals surface area contributed by atoms with E-state index in [1.165, 1.54) is 32.1 Å². The summed E-state index contributed by atoms with van der Waals surface area (Å²) in [5, 5.41) is 0. The maximum absolute atomic E-state index is 3.85. The fourth-order valence-electron chi connectivity index (χ4n) is 1.96. The van der Waals surface area contributed by atoms with E-state index in [1.807, 2.05) is 0 Å². The molecule has 0 aromatic carbocycles. The highest BCUT2D eigenvalue weighted by atomic mass is 14.2. The van der Waals surface area contributed by atoms with Gasteiger partial charge >= 0.3 is 0 Å². The summed E-state index contributed by atoms with van der Waals surface area (Å²) in [6.45, 7) is 21.6. The molecule has 0 bridgehead atoms. The van der Waals surface area contributed by atoms with Crippen LogP contribution in [0.1, 0.15) is 66.7 Å². The quantitative estimate of drug-likeness (QED) is 0.411. The molecule has 0 saturated carbocycles. The fourth-order valence-corrected chi connectivity index (χ4v) is 1.96. The Balaban J connectivity index is 0. The molecular formula is C18H36. The standard InChI is InChI=1S/C16H32.C2H4/c1-7-13(3)9-11-15(5)16(6)12-10-14(4)8-2;1-2/h7,13-16H,1,8-12H2,2-6H3;1-2H2. The lowest BCUT2D eigenvalue weighted by Crippen LogP contribution is -2.10. The third-order valence-corrected chi connectivity index (χ3v) is 4.26. The lowest BCUT2D eigenvalue weighted by molar-refractivity contribution is 0.302. The van der Waals surface area contributed by atoms with Crippen molar-refractivity contribution >= 4 is 0 Å². The highest BCUT2D eigenvalue weighted by Gasteiger charge is 2.13. The van der Waals surface area contributed by atoms with E-state index < -0.39 is 0 Å². The van der Waals surface area contributed by atoms with Crippen molar-refractivity contribution < 1.29 is 0 Å². The van der Waals surface area contributed by atoms with Gasteiger partial charge in [0.2, 0.25) is 0 Å². The van der Waals surface area contributed by atoms with Gasteiger partial charge in [-0.3, -0.25) is 0 Å². The van der Waals surface area contributed by atoms with Crippen molar-refractivity contribution in [3.05, 3.63) is 25.8 Å². The Bertz CT molecular complexity index is 182. The van der Waals surface area contributed by atoms with Crippen LogP contribution in [0.2, 0.25) is 0 Å². The molecular weight excluding hydrogens is 216 g/mol. The maximum atomic E-state index is 3.85. The highest BCUT2D eigenvalue weighted by Crippen LogP contribution is 2.25. The summed E-state index contributed by atoms with van der Waals surface area (Å²) in [6, 6.07) is 0. The van der Waals surface area contributed by atoms with Gasteiger partial charge in [-0.2, -0.15) is 0 Å². The van der Waals surface area contributed by atoms with Gasteiger partial charge in [-0.15, -0.1) is 19.7 Å². The van der Waals surface area contributed by atoms with Gasteiger partial charge in [-0.05, 0) is 36.5 Å². The number of rotatable bonds is 9.